The van der Waals surface area contributed by atoms with Crippen molar-refractivity contribution >= 4 is 0 Å². The number of nitrogens with one attached hydrogen (secondary N) is 1. The van der Waals surface area contributed by atoms with E-state index in [1.54, 1.807) is 7.11 Å². The number of hydrogen-bond acceptors (Lipinski definition) is 2. The SMILES string of the molecule is CCCC(C)C(NC)c1ccc(OC)c(C)c1. The van der Waals surface area contributed by atoms with Crippen molar-refractivity contribution in [3.8, 4) is 5.75 Å². The van der Waals surface area contributed by atoms with Crippen LogP contribution >= 0.6 is 0 Å². The lowest BCUT2D eigenvalue weighted by molar-refractivity contribution is 0.382. The first kappa shape index (κ1) is 14.0. The van der Waals surface area contributed by atoms with E-state index in [1.165, 1.54) is 24.0 Å². The molecule has 0 amide bonds. The zero-order valence-corrected chi connectivity index (χ0v) is 11.7. The molecule has 2 unspecified atom stereocenters. The summed E-state index contributed by atoms with van der Waals surface area (Å²) in [6.07, 6.45) is 2.48. The standard InChI is InChI=1S/C15H25NO/c1-6-7-11(2)15(16-4)13-8-9-14(17-5)12(3)10-13/h8-11,15-16H,6-7H2,1-5H3. The van der Waals surface area contributed by atoms with Crippen molar-refractivity contribution in [2.24, 2.45) is 5.92 Å². The van der Waals surface area contributed by atoms with Crippen molar-refractivity contribution in [3.05, 3.63) is 29.3 Å². The maximum atomic E-state index is 5.30. The van der Waals surface area contributed by atoms with Gasteiger partial charge in [0.05, 0.1) is 7.11 Å². The molecule has 0 radical (unpaired) electrons. The monoisotopic (exact) mass is 235 g/mol. The van der Waals surface area contributed by atoms with Crippen LogP contribution in [0.1, 0.15) is 43.9 Å². The van der Waals surface area contributed by atoms with Crippen molar-refractivity contribution in [1.82, 2.24) is 5.32 Å². The van der Waals surface area contributed by atoms with Gasteiger partial charge in [-0.1, -0.05) is 32.4 Å². The average Bonchev–Trinajstić information content (AvgIpc) is 2.30. The van der Waals surface area contributed by atoms with Crippen LogP contribution in [0.3, 0.4) is 0 Å². The quantitative estimate of drug-likeness (QED) is 0.811. The number of aryl methyl sites for hydroxylation is 1. The van der Waals surface area contributed by atoms with Crippen LogP contribution in [0.25, 0.3) is 0 Å². The largest absolute Gasteiger partial charge is 0.496 e. The molecule has 2 atom stereocenters. The van der Waals surface area contributed by atoms with Crippen LogP contribution in [0, 0.1) is 12.8 Å². The number of rotatable bonds is 6. The third-order valence-electron chi connectivity index (χ3n) is 3.40. The van der Waals surface area contributed by atoms with Crippen LogP contribution in [-0.4, -0.2) is 14.2 Å². The van der Waals surface area contributed by atoms with Gasteiger partial charge in [-0.15, -0.1) is 0 Å². The first-order valence-electron chi connectivity index (χ1n) is 6.45. The molecule has 0 spiro atoms. The lowest BCUT2D eigenvalue weighted by Gasteiger charge is -2.24. The minimum Gasteiger partial charge on any atom is -0.496 e. The van der Waals surface area contributed by atoms with Crippen molar-refractivity contribution < 1.29 is 4.74 Å². The summed E-state index contributed by atoms with van der Waals surface area (Å²) in [5.74, 6) is 1.62. The number of hydrogen-bond donors (Lipinski definition) is 1. The fourth-order valence-corrected chi connectivity index (χ4v) is 2.50. The normalized spacial score (nSPS) is 14.4. The molecule has 0 saturated carbocycles. The van der Waals surface area contributed by atoms with Crippen molar-refractivity contribution in [3.63, 3.8) is 0 Å². The van der Waals surface area contributed by atoms with E-state index >= 15 is 0 Å². The first-order chi connectivity index (χ1) is 8.13. The Kier molecular flexibility index (Phi) is 5.49. The maximum Gasteiger partial charge on any atom is 0.121 e. The molecule has 17 heavy (non-hydrogen) atoms. The highest BCUT2D eigenvalue weighted by Gasteiger charge is 2.17. The molecular weight excluding hydrogens is 210 g/mol. The Hall–Kier alpha value is -1.02. The Morgan fingerprint density at radius 3 is 2.53 bits per heavy atom. The van der Waals surface area contributed by atoms with E-state index in [0.717, 1.165) is 5.75 Å². The summed E-state index contributed by atoms with van der Waals surface area (Å²) < 4.78 is 5.30. The van der Waals surface area contributed by atoms with Crippen LogP contribution in [0.5, 0.6) is 5.75 Å². The van der Waals surface area contributed by atoms with E-state index in [0.29, 0.717) is 12.0 Å². The fourth-order valence-electron chi connectivity index (χ4n) is 2.50. The smallest absolute Gasteiger partial charge is 0.121 e. The third-order valence-corrected chi connectivity index (χ3v) is 3.40. The van der Waals surface area contributed by atoms with Gasteiger partial charge in [0.1, 0.15) is 5.75 Å². The molecule has 1 rings (SSSR count). The lowest BCUT2D eigenvalue weighted by atomic mass is 9.90. The van der Waals surface area contributed by atoms with Gasteiger partial charge in [-0.25, -0.2) is 0 Å². The highest BCUT2D eigenvalue weighted by Crippen LogP contribution is 2.28. The molecule has 0 fully saturated rings. The Labute approximate surface area is 105 Å². The molecule has 2 nitrogen and oxygen atoms in total. The summed E-state index contributed by atoms with van der Waals surface area (Å²) in [4.78, 5) is 0. The number of methoxy groups -OCH3 is 1. The van der Waals surface area contributed by atoms with Gasteiger partial charge in [-0.05, 0) is 43.5 Å². The van der Waals surface area contributed by atoms with Gasteiger partial charge in [0.25, 0.3) is 0 Å². The molecule has 0 aromatic heterocycles. The fraction of sp³-hybridized carbons (Fsp3) is 0.600. The van der Waals surface area contributed by atoms with Gasteiger partial charge in [-0.3, -0.25) is 0 Å². The molecule has 1 aromatic rings. The molecule has 0 bridgehead atoms. The third kappa shape index (κ3) is 3.47. The summed E-state index contributed by atoms with van der Waals surface area (Å²) in [7, 11) is 3.76. The summed E-state index contributed by atoms with van der Waals surface area (Å²) in [5.41, 5.74) is 2.56. The van der Waals surface area contributed by atoms with Crippen LogP contribution in [-0.2, 0) is 0 Å². The molecule has 96 valence electrons. The highest BCUT2D eigenvalue weighted by atomic mass is 16.5. The minimum atomic E-state index is 0.430. The van der Waals surface area contributed by atoms with E-state index in [4.69, 9.17) is 4.74 Å². The molecule has 0 aliphatic carbocycles. The molecule has 0 saturated heterocycles. The van der Waals surface area contributed by atoms with Gasteiger partial charge in [-0.2, -0.15) is 0 Å². The second-order valence-corrected chi connectivity index (χ2v) is 4.76. The molecule has 0 aliphatic rings. The van der Waals surface area contributed by atoms with Crippen molar-refractivity contribution in [2.75, 3.05) is 14.2 Å². The maximum absolute atomic E-state index is 5.30. The van der Waals surface area contributed by atoms with E-state index in [9.17, 15) is 0 Å². The molecule has 1 aromatic carbocycles. The summed E-state index contributed by atoms with van der Waals surface area (Å²) in [5, 5.41) is 3.43. The van der Waals surface area contributed by atoms with Gasteiger partial charge in [0.15, 0.2) is 0 Å². The predicted molar refractivity (Wildman–Crippen MR) is 73.6 cm³/mol. The summed E-state index contributed by atoms with van der Waals surface area (Å²) >= 11 is 0. The number of benzene rings is 1. The molecule has 0 aliphatic heterocycles. The summed E-state index contributed by atoms with van der Waals surface area (Å²) in [6, 6.07) is 6.89. The van der Waals surface area contributed by atoms with Gasteiger partial charge in [0.2, 0.25) is 0 Å². The van der Waals surface area contributed by atoms with Gasteiger partial charge in [0, 0.05) is 6.04 Å². The van der Waals surface area contributed by atoms with Gasteiger partial charge >= 0.3 is 0 Å². The topological polar surface area (TPSA) is 21.3 Å². The van der Waals surface area contributed by atoms with Crippen LogP contribution < -0.4 is 10.1 Å². The van der Waals surface area contributed by atoms with Crippen molar-refractivity contribution in [1.29, 1.82) is 0 Å². The molecule has 0 heterocycles. The van der Waals surface area contributed by atoms with Crippen LogP contribution in [0.4, 0.5) is 0 Å². The summed E-state index contributed by atoms with van der Waals surface area (Å²) in [6.45, 7) is 6.65. The predicted octanol–water partition coefficient (Wildman–Crippen LogP) is 3.70. The number of ether oxygens (including phenoxy) is 1. The average molecular weight is 235 g/mol. The highest BCUT2D eigenvalue weighted by molar-refractivity contribution is 5.37. The zero-order valence-electron chi connectivity index (χ0n) is 11.7. The zero-order chi connectivity index (χ0) is 12.8. The van der Waals surface area contributed by atoms with E-state index in [-0.39, 0.29) is 0 Å². The van der Waals surface area contributed by atoms with E-state index < -0.39 is 0 Å². The second kappa shape index (κ2) is 6.65. The molecular formula is C15H25NO. The Balaban J connectivity index is 2.92. The Bertz CT molecular complexity index is 349. The van der Waals surface area contributed by atoms with Crippen molar-refractivity contribution in [2.45, 2.75) is 39.7 Å². The van der Waals surface area contributed by atoms with E-state index in [2.05, 4.69) is 44.3 Å². The van der Waals surface area contributed by atoms with E-state index in [1.807, 2.05) is 7.05 Å². The van der Waals surface area contributed by atoms with Crippen LogP contribution in [0.15, 0.2) is 18.2 Å². The lowest BCUT2D eigenvalue weighted by Crippen LogP contribution is -2.23. The molecule has 2 heteroatoms. The first-order valence-corrected chi connectivity index (χ1v) is 6.45. The second-order valence-electron chi connectivity index (χ2n) is 4.76. The molecule has 1 N–H and O–H groups in total. The Morgan fingerprint density at radius 2 is 2.06 bits per heavy atom. The van der Waals surface area contributed by atoms with Gasteiger partial charge < -0.3 is 10.1 Å². The minimum absolute atomic E-state index is 0.430. The Morgan fingerprint density at radius 1 is 1.35 bits per heavy atom. The van der Waals surface area contributed by atoms with Crippen LogP contribution in [0.2, 0.25) is 0 Å².